The van der Waals surface area contributed by atoms with Gasteiger partial charge in [-0.3, -0.25) is 9.59 Å². The molecule has 0 spiro atoms. The molecule has 0 bridgehead atoms. The van der Waals surface area contributed by atoms with Crippen molar-refractivity contribution in [1.82, 2.24) is 15.3 Å². The van der Waals surface area contributed by atoms with E-state index in [1.807, 2.05) is 12.3 Å². The molecule has 1 amide bonds. The van der Waals surface area contributed by atoms with Gasteiger partial charge in [0.15, 0.2) is 0 Å². The Morgan fingerprint density at radius 1 is 0.840 bits per heavy atom. The Hall–Kier alpha value is -2.89. The van der Waals surface area contributed by atoms with Crippen LogP contribution in [0.3, 0.4) is 0 Å². The second-order valence-electron chi connectivity index (χ2n) is 19.3. The first kappa shape index (κ1) is 34.2. The molecule has 0 unspecified atom stereocenters. The molecule has 8 rings (SSSR count). The van der Waals surface area contributed by atoms with E-state index in [0.717, 1.165) is 68.4 Å². The third-order valence-electron chi connectivity index (χ3n) is 17.0. The predicted molar refractivity (Wildman–Crippen MR) is 198 cm³/mol. The SMILES string of the molecule is C=C(C)[C@@H]1CC[C@]2(C(=O)NC3(c4ncc(-c5ccccc5)[nH]4)CC3)CC[C@]3(C)[C@H](CC[C@@H]4[C@@]5(C)CC[C@H](OC(C)=O)C(C)(C)[C@@H]5CC[C@]43C)[C@@H]12. The van der Waals surface area contributed by atoms with Gasteiger partial charge in [-0.1, -0.05) is 77.1 Å². The third kappa shape index (κ3) is 4.67. The summed E-state index contributed by atoms with van der Waals surface area (Å²) in [6.07, 6.45) is 14.8. The molecule has 6 nitrogen and oxygen atoms in total. The number of aromatic nitrogens is 2. The lowest BCUT2D eigenvalue weighted by Gasteiger charge is -2.72. The van der Waals surface area contributed by atoms with Crippen LogP contribution in [0.1, 0.15) is 131 Å². The van der Waals surface area contributed by atoms with Crippen LogP contribution in [0.5, 0.6) is 0 Å². The number of H-pyrrole nitrogens is 1. The highest BCUT2D eigenvalue weighted by atomic mass is 16.5. The molecule has 10 atom stereocenters. The first-order chi connectivity index (χ1) is 23.6. The van der Waals surface area contributed by atoms with Crippen molar-refractivity contribution >= 4 is 11.9 Å². The predicted octanol–water partition coefficient (Wildman–Crippen LogP) is 9.77. The number of fused-ring (bicyclic) bond motifs is 7. The summed E-state index contributed by atoms with van der Waals surface area (Å²) in [5.41, 5.74) is 3.19. The first-order valence-corrected chi connectivity index (χ1v) is 19.9. The number of aromatic amines is 1. The van der Waals surface area contributed by atoms with Crippen molar-refractivity contribution in [2.75, 3.05) is 0 Å². The molecule has 2 aromatic rings. The number of esters is 1. The fourth-order valence-corrected chi connectivity index (χ4v) is 14.1. The molecule has 0 saturated heterocycles. The molecule has 6 fully saturated rings. The number of carbonyl (C=O) groups excluding carboxylic acids is 2. The molecule has 6 heteroatoms. The van der Waals surface area contributed by atoms with Crippen LogP contribution in [0.4, 0.5) is 0 Å². The number of hydrogen-bond donors (Lipinski definition) is 2. The van der Waals surface area contributed by atoms with Crippen LogP contribution in [0, 0.1) is 56.7 Å². The molecule has 6 saturated carbocycles. The number of hydrogen-bond acceptors (Lipinski definition) is 4. The van der Waals surface area contributed by atoms with E-state index in [2.05, 4.69) is 82.7 Å². The molecule has 270 valence electrons. The topological polar surface area (TPSA) is 84.1 Å². The van der Waals surface area contributed by atoms with Crippen molar-refractivity contribution < 1.29 is 14.3 Å². The summed E-state index contributed by atoms with van der Waals surface area (Å²) in [5.74, 6) is 3.41. The van der Waals surface area contributed by atoms with Gasteiger partial charge >= 0.3 is 5.97 Å². The average Bonchev–Trinajstić information content (AvgIpc) is 3.47. The fraction of sp³-hybridized carbons (Fsp3) is 0.705. The Labute approximate surface area is 300 Å². The number of carbonyl (C=O) groups is 2. The van der Waals surface area contributed by atoms with E-state index in [1.54, 1.807) is 6.92 Å². The number of benzene rings is 1. The average molecular weight is 680 g/mol. The zero-order valence-corrected chi connectivity index (χ0v) is 31.8. The number of nitrogens with one attached hydrogen (secondary N) is 2. The zero-order chi connectivity index (χ0) is 35.5. The number of ether oxygens (including phenoxy) is 1. The number of rotatable bonds is 6. The minimum absolute atomic E-state index is 0.00107. The van der Waals surface area contributed by atoms with Gasteiger partial charge < -0.3 is 15.0 Å². The van der Waals surface area contributed by atoms with Crippen molar-refractivity contribution in [3.63, 3.8) is 0 Å². The molecular weight excluding hydrogens is 619 g/mol. The quantitative estimate of drug-likeness (QED) is 0.235. The standard InChI is InChI=1S/C44H61N3O3/c1-27(2)30-16-21-43(38(49)47-44(24-25-44)37-45-26-32(46-37)29-12-10-9-11-13-29)23-22-41(7)31(36(30)43)14-15-34-40(6)19-18-35(50-28(3)48)39(4,5)33(40)17-20-42(34,41)8/h9-13,26,30-31,33-36H,1,14-25H2,2-8H3,(H,45,46)(H,47,49)/t30-,31+,33-,34+,35-,36+,40-,41+,42+,43-/m0/s1. The highest BCUT2D eigenvalue weighted by molar-refractivity contribution is 5.85. The van der Waals surface area contributed by atoms with Crippen molar-refractivity contribution in [1.29, 1.82) is 0 Å². The molecule has 6 aliphatic rings. The maximum Gasteiger partial charge on any atom is 0.302 e. The van der Waals surface area contributed by atoms with Gasteiger partial charge in [0.1, 0.15) is 11.9 Å². The minimum atomic E-state index is -0.389. The zero-order valence-electron chi connectivity index (χ0n) is 31.8. The van der Waals surface area contributed by atoms with Crippen molar-refractivity contribution in [2.45, 2.75) is 137 Å². The summed E-state index contributed by atoms with van der Waals surface area (Å²) < 4.78 is 5.98. The van der Waals surface area contributed by atoms with Crippen LogP contribution in [0.2, 0.25) is 0 Å². The van der Waals surface area contributed by atoms with E-state index in [1.165, 1.54) is 31.3 Å². The van der Waals surface area contributed by atoms with E-state index >= 15 is 4.79 Å². The van der Waals surface area contributed by atoms with Gasteiger partial charge in [-0.15, -0.1) is 0 Å². The lowest BCUT2D eigenvalue weighted by Crippen LogP contribution is -2.67. The summed E-state index contributed by atoms with van der Waals surface area (Å²) >= 11 is 0. The minimum Gasteiger partial charge on any atom is -0.462 e. The molecule has 0 radical (unpaired) electrons. The van der Waals surface area contributed by atoms with Crippen LogP contribution >= 0.6 is 0 Å². The summed E-state index contributed by atoms with van der Waals surface area (Å²) in [6.45, 7) is 21.0. The Morgan fingerprint density at radius 2 is 1.58 bits per heavy atom. The maximum atomic E-state index is 15.0. The molecule has 1 heterocycles. The largest absolute Gasteiger partial charge is 0.462 e. The molecule has 1 aromatic heterocycles. The molecule has 2 N–H and O–H groups in total. The van der Waals surface area contributed by atoms with Crippen LogP contribution < -0.4 is 5.32 Å². The van der Waals surface area contributed by atoms with Gasteiger partial charge in [-0.05, 0) is 135 Å². The molecule has 6 aliphatic carbocycles. The fourth-order valence-electron chi connectivity index (χ4n) is 14.1. The summed E-state index contributed by atoms with van der Waals surface area (Å²) in [5, 5.41) is 3.69. The van der Waals surface area contributed by atoms with Gasteiger partial charge in [-0.25, -0.2) is 4.98 Å². The molecule has 0 aliphatic heterocycles. The Balaban J connectivity index is 1.09. The summed E-state index contributed by atoms with van der Waals surface area (Å²) in [4.78, 5) is 35.6. The summed E-state index contributed by atoms with van der Waals surface area (Å²) in [7, 11) is 0. The van der Waals surface area contributed by atoms with Crippen LogP contribution in [0.25, 0.3) is 11.3 Å². The van der Waals surface area contributed by atoms with E-state index in [-0.39, 0.29) is 50.6 Å². The van der Waals surface area contributed by atoms with Gasteiger partial charge in [0.2, 0.25) is 5.91 Å². The number of imidazole rings is 1. The second kappa shape index (κ2) is 11.3. The molecule has 1 aromatic carbocycles. The van der Waals surface area contributed by atoms with Gasteiger partial charge in [-0.2, -0.15) is 0 Å². The van der Waals surface area contributed by atoms with Gasteiger partial charge in [0, 0.05) is 12.3 Å². The van der Waals surface area contributed by atoms with Crippen molar-refractivity contribution in [2.24, 2.45) is 56.7 Å². The Morgan fingerprint density at radius 3 is 2.26 bits per heavy atom. The van der Waals surface area contributed by atoms with Gasteiger partial charge in [0.05, 0.1) is 22.8 Å². The van der Waals surface area contributed by atoms with E-state index in [4.69, 9.17) is 9.72 Å². The van der Waals surface area contributed by atoms with Crippen LogP contribution in [0.15, 0.2) is 48.7 Å². The van der Waals surface area contributed by atoms with Crippen molar-refractivity contribution in [3.8, 4) is 11.3 Å². The lowest BCUT2D eigenvalue weighted by atomic mass is 9.32. The van der Waals surface area contributed by atoms with Crippen LogP contribution in [-0.4, -0.2) is 27.9 Å². The lowest BCUT2D eigenvalue weighted by molar-refractivity contribution is -0.249. The maximum absolute atomic E-state index is 15.0. The second-order valence-corrected chi connectivity index (χ2v) is 19.3. The Bertz CT molecular complexity index is 1690. The monoisotopic (exact) mass is 679 g/mol. The molecular formula is C44H61N3O3. The smallest absolute Gasteiger partial charge is 0.302 e. The van der Waals surface area contributed by atoms with E-state index in [9.17, 15) is 4.79 Å². The van der Waals surface area contributed by atoms with E-state index < -0.39 is 0 Å². The molecule has 50 heavy (non-hydrogen) atoms. The summed E-state index contributed by atoms with van der Waals surface area (Å²) in [6, 6.07) is 10.3. The van der Waals surface area contributed by atoms with Gasteiger partial charge in [0.25, 0.3) is 0 Å². The third-order valence-corrected chi connectivity index (χ3v) is 17.0. The highest BCUT2D eigenvalue weighted by Crippen LogP contribution is 2.77. The highest BCUT2D eigenvalue weighted by Gasteiger charge is 2.72. The number of allylic oxidation sites excluding steroid dienone is 1. The Kier molecular flexibility index (Phi) is 7.73. The number of nitrogens with zero attached hydrogens (tertiary/aromatic N) is 1. The first-order valence-electron chi connectivity index (χ1n) is 19.9. The van der Waals surface area contributed by atoms with Crippen LogP contribution in [-0.2, 0) is 19.9 Å². The van der Waals surface area contributed by atoms with Crippen molar-refractivity contribution in [3.05, 3.63) is 54.5 Å². The normalized spacial score (nSPS) is 42.2. The van der Waals surface area contributed by atoms with E-state index in [0.29, 0.717) is 29.6 Å². The number of amides is 1.